The number of carbonyl (C=O) groups excluding carboxylic acids is 1. The number of amides is 1. The van der Waals surface area contributed by atoms with Crippen molar-refractivity contribution in [2.45, 2.75) is 19.4 Å². The fourth-order valence-electron chi connectivity index (χ4n) is 2.05. The van der Waals surface area contributed by atoms with Crippen LogP contribution in [0.5, 0.6) is 0 Å². The Kier molecular flexibility index (Phi) is 5.07. The molecule has 0 saturated carbocycles. The van der Waals surface area contributed by atoms with Gasteiger partial charge in [0.05, 0.1) is 5.69 Å². The van der Waals surface area contributed by atoms with E-state index in [1.165, 1.54) is 12.1 Å². The highest BCUT2D eigenvalue weighted by molar-refractivity contribution is 5.95. The van der Waals surface area contributed by atoms with Gasteiger partial charge >= 0.3 is 5.97 Å². The minimum Gasteiger partial charge on any atom is -0.480 e. The fourth-order valence-corrected chi connectivity index (χ4v) is 2.05. The molecular weight excluding hydrogens is 303 g/mol. The highest BCUT2D eigenvalue weighted by atomic mass is 19.1. The Labute approximate surface area is 131 Å². The minimum atomic E-state index is -1.23. The molecule has 0 fully saturated rings. The Morgan fingerprint density at radius 2 is 2.17 bits per heavy atom. The van der Waals surface area contributed by atoms with Crippen LogP contribution in [0, 0.1) is 5.82 Å². The van der Waals surface area contributed by atoms with Gasteiger partial charge < -0.3 is 16.2 Å². The van der Waals surface area contributed by atoms with E-state index in [1.54, 1.807) is 16.9 Å². The summed E-state index contributed by atoms with van der Waals surface area (Å²) in [6, 6.07) is 4.41. The van der Waals surface area contributed by atoms with E-state index in [9.17, 15) is 14.0 Å². The number of carboxylic acid groups (broad SMARTS) is 1. The van der Waals surface area contributed by atoms with Gasteiger partial charge in [0.25, 0.3) is 5.91 Å². The predicted molar refractivity (Wildman–Crippen MR) is 80.8 cm³/mol. The molecule has 0 bridgehead atoms. The van der Waals surface area contributed by atoms with E-state index in [0.29, 0.717) is 12.1 Å². The second-order valence-corrected chi connectivity index (χ2v) is 4.94. The van der Waals surface area contributed by atoms with Crippen LogP contribution in [-0.4, -0.2) is 39.4 Å². The number of nitrogens with two attached hydrogens (primary N) is 1. The molecule has 1 aromatic heterocycles. The summed E-state index contributed by atoms with van der Waals surface area (Å²) in [7, 11) is 0. The maximum absolute atomic E-state index is 13.8. The van der Waals surface area contributed by atoms with Crippen molar-refractivity contribution < 1.29 is 19.1 Å². The Balaban J connectivity index is 2.23. The lowest BCUT2D eigenvalue weighted by molar-refractivity contribution is -0.138. The Morgan fingerprint density at radius 3 is 2.83 bits per heavy atom. The van der Waals surface area contributed by atoms with E-state index in [1.807, 2.05) is 6.92 Å². The zero-order chi connectivity index (χ0) is 17.0. The first-order valence-corrected chi connectivity index (χ1v) is 7.02. The Hall–Kier alpha value is -2.74. The molecule has 4 N–H and O–H groups in total. The topological polar surface area (TPSA) is 110 Å². The molecule has 8 heteroatoms. The summed E-state index contributed by atoms with van der Waals surface area (Å²) in [5, 5.41) is 15.2. The molecule has 1 heterocycles. The molecule has 1 aromatic carbocycles. The van der Waals surface area contributed by atoms with Crippen molar-refractivity contribution in [3.63, 3.8) is 0 Å². The first-order valence-electron chi connectivity index (χ1n) is 7.02. The van der Waals surface area contributed by atoms with Crippen LogP contribution < -0.4 is 11.1 Å². The van der Waals surface area contributed by atoms with Crippen molar-refractivity contribution in [1.82, 2.24) is 15.1 Å². The number of halogens is 1. The number of hydrogen-bond acceptors (Lipinski definition) is 4. The average Bonchev–Trinajstić information content (AvgIpc) is 3.00. The number of carboxylic acids is 1. The lowest BCUT2D eigenvalue weighted by Gasteiger charge is -2.11. The number of hydrogen-bond donors (Lipinski definition) is 3. The van der Waals surface area contributed by atoms with Gasteiger partial charge in [-0.25, -0.2) is 9.07 Å². The summed E-state index contributed by atoms with van der Waals surface area (Å²) in [5.74, 6) is -2.42. The van der Waals surface area contributed by atoms with Crippen LogP contribution in [0.1, 0.15) is 23.0 Å². The van der Waals surface area contributed by atoms with Crippen molar-refractivity contribution in [2.75, 3.05) is 6.54 Å². The largest absolute Gasteiger partial charge is 0.480 e. The molecule has 0 saturated heterocycles. The summed E-state index contributed by atoms with van der Waals surface area (Å²) in [4.78, 5) is 22.7. The van der Waals surface area contributed by atoms with E-state index in [2.05, 4.69) is 10.4 Å². The van der Waals surface area contributed by atoms with Gasteiger partial charge in [0.15, 0.2) is 0 Å². The second kappa shape index (κ2) is 7.01. The third-order valence-corrected chi connectivity index (χ3v) is 3.27. The average molecular weight is 320 g/mol. The van der Waals surface area contributed by atoms with Crippen molar-refractivity contribution in [2.24, 2.45) is 5.73 Å². The highest BCUT2D eigenvalue weighted by Gasteiger charge is 2.15. The van der Waals surface area contributed by atoms with Crippen LogP contribution in [0.25, 0.3) is 5.69 Å². The first kappa shape index (κ1) is 16.6. The van der Waals surface area contributed by atoms with Gasteiger partial charge in [-0.1, -0.05) is 6.92 Å². The molecule has 0 aliphatic heterocycles. The monoisotopic (exact) mass is 320 g/mol. The number of aryl methyl sites for hydroxylation is 1. The number of aliphatic carboxylic acids is 1. The number of aromatic nitrogens is 2. The smallest absolute Gasteiger partial charge is 0.322 e. The van der Waals surface area contributed by atoms with Gasteiger partial charge in [-0.15, -0.1) is 0 Å². The summed E-state index contributed by atoms with van der Waals surface area (Å²) < 4.78 is 15.3. The summed E-state index contributed by atoms with van der Waals surface area (Å²) in [6.45, 7) is 1.69. The van der Waals surface area contributed by atoms with Crippen molar-refractivity contribution in [3.8, 4) is 5.69 Å². The molecule has 2 rings (SSSR count). The number of nitrogens with one attached hydrogen (secondary N) is 1. The SMILES string of the molecule is CCc1ccnn1-c1cc(F)cc(C(=O)NC[C@@H](N)C(=O)O)c1. The lowest BCUT2D eigenvalue weighted by Crippen LogP contribution is -2.42. The zero-order valence-electron chi connectivity index (χ0n) is 12.5. The number of carbonyl (C=O) groups is 2. The Bertz CT molecular complexity index is 729. The molecule has 122 valence electrons. The molecule has 7 nitrogen and oxygen atoms in total. The standard InChI is InChI=1S/C15H17FN4O3/c1-2-11-3-4-19-20(11)12-6-9(5-10(16)7-12)14(21)18-8-13(17)15(22)23/h3-7,13H,2,8,17H2,1H3,(H,18,21)(H,22,23)/t13-/m1/s1. The zero-order valence-corrected chi connectivity index (χ0v) is 12.5. The van der Waals surface area contributed by atoms with E-state index < -0.39 is 23.7 Å². The predicted octanol–water partition coefficient (Wildman–Crippen LogP) is 0.715. The van der Waals surface area contributed by atoms with E-state index in [4.69, 9.17) is 10.8 Å². The number of rotatable bonds is 6. The summed E-state index contributed by atoms with van der Waals surface area (Å²) in [6.07, 6.45) is 2.29. The van der Waals surface area contributed by atoms with Gasteiger partial charge in [0.1, 0.15) is 11.9 Å². The fraction of sp³-hybridized carbons (Fsp3) is 0.267. The molecule has 1 amide bonds. The quantitative estimate of drug-likeness (QED) is 0.726. The normalized spacial score (nSPS) is 12.0. The van der Waals surface area contributed by atoms with Crippen molar-refractivity contribution in [3.05, 3.63) is 47.5 Å². The van der Waals surface area contributed by atoms with E-state index in [0.717, 1.165) is 11.8 Å². The van der Waals surface area contributed by atoms with Crippen LogP contribution in [0.2, 0.25) is 0 Å². The third kappa shape index (κ3) is 3.92. The van der Waals surface area contributed by atoms with Gasteiger partial charge in [-0.3, -0.25) is 9.59 Å². The third-order valence-electron chi connectivity index (χ3n) is 3.27. The van der Waals surface area contributed by atoms with E-state index >= 15 is 0 Å². The van der Waals surface area contributed by atoms with Crippen molar-refractivity contribution in [1.29, 1.82) is 0 Å². The van der Waals surface area contributed by atoms with Crippen LogP contribution in [0.3, 0.4) is 0 Å². The molecule has 0 spiro atoms. The van der Waals surface area contributed by atoms with Gasteiger partial charge in [-0.05, 0) is 30.7 Å². The molecule has 0 radical (unpaired) electrons. The van der Waals surface area contributed by atoms with Gasteiger partial charge in [-0.2, -0.15) is 5.10 Å². The van der Waals surface area contributed by atoms with Crippen LogP contribution in [-0.2, 0) is 11.2 Å². The number of nitrogens with zero attached hydrogens (tertiary/aromatic N) is 2. The molecule has 0 unspecified atom stereocenters. The maximum atomic E-state index is 13.8. The first-order chi connectivity index (χ1) is 10.9. The summed E-state index contributed by atoms with van der Waals surface area (Å²) in [5.41, 5.74) is 6.67. The molecule has 0 aliphatic rings. The highest BCUT2D eigenvalue weighted by Crippen LogP contribution is 2.15. The van der Waals surface area contributed by atoms with Crippen LogP contribution >= 0.6 is 0 Å². The minimum absolute atomic E-state index is 0.0649. The molecule has 0 aliphatic carbocycles. The lowest BCUT2D eigenvalue weighted by atomic mass is 10.1. The van der Waals surface area contributed by atoms with E-state index in [-0.39, 0.29) is 12.1 Å². The van der Waals surface area contributed by atoms with Crippen LogP contribution in [0.4, 0.5) is 4.39 Å². The number of benzene rings is 1. The molecule has 2 aromatic rings. The summed E-state index contributed by atoms with van der Waals surface area (Å²) >= 11 is 0. The molecule has 23 heavy (non-hydrogen) atoms. The molecule has 1 atom stereocenters. The van der Waals surface area contributed by atoms with Crippen molar-refractivity contribution >= 4 is 11.9 Å². The maximum Gasteiger partial charge on any atom is 0.322 e. The molecular formula is C15H17FN4O3. The second-order valence-electron chi connectivity index (χ2n) is 4.94. The van der Waals surface area contributed by atoms with Gasteiger partial charge in [0, 0.05) is 24.0 Å². The Morgan fingerprint density at radius 1 is 1.43 bits per heavy atom. The van der Waals surface area contributed by atoms with Crippen LogP contribution in [0.15, 0.2) is 30.5 Å². The van der Waals surface area contributed by atoms with Gasteiger partial charge in [0.2, 0.25) is 0 Å².